The number of rotatable bonds is 5. The zero-order valence-electron chi connectivity index (χ0n) is 13.7. The summed E-state index contributed by atoms with van der Waals surface area (Å²) in [7, 11) is 0. The maximum atomic E-state index is 13.4. The monoisotopic (exact) mass is 355 g/mol. The first-order chi connectivity index (χ1) is 12.1. The second-order valence-corrected chi connectivity index (χ2v) is 5.97. The van der Waals surface area contributed by atoms with Crippen molar-refractivity contribution in [1.29, 1.82) is 0 Å². The van der Waals surface area contributed by atoms with E-state index in [1.54, 1.807) is 24.6 Å². The highest BCUT2D eigenvalue weighted by molar-refractivity contribution is 7.80. The highest BCUT2D eigenvalue weighted by Crippen LogP contribution is 2.22. The molecule has 0 amide bonds. The van der Waals surface area contributed by atoms with Crippen molar-refractivity contribution >= 4 is 23.0 Å². The Morgan fingerprint density at radius 3 is 2.80 bits per heavy atom. The Morgan fingerprint density at radius 1 is 1.24 bits per heavy atom. The van der Waals surface area contributed by atoms with E-state index in [-0.39, 0.29) is 11.9 Å². The molecule has 3 aromatic rings. The zero-order valence-corrected chi connectivity index (χ0v) is 14.5. The molecule has 4 nitrogen and oxygen atoms in total. The number of hydrogen-bond donors (Lipinski definition) is 1. The molecular formula is C19H18FN3OS. The molecule has 0 saturated carbocycles. The van der Waals surface area contributed by atoms with E-state index in [1.807, 2.05) is 42.2 Å². The van der Waals surface area contributed by atoms with Crippen molar-refractivity contribution in [2.75, 3.05) is 5.32 Å². The van der Waals surface area contributed by atoms with E-state index in [1.165, 1.54) is 12.1 Å². The van der Waals surface area contributed by atoms with Crippen LogP contribution < -0.4 is 5.32 Å². The first-order valence-electron chi connectivity index (χ1n) is 7.90. The minimum Gasteiger partial charge on any atom is -0.467 e. The number of furan rings is 1. The fourth-order valence-corrected chi connectivity index (χ4v) is 2.84. The van der Waals surface area contributed by atoms with Crippen molar-refractivity contribution in [3.8, 4) is 0 Å². The van der Waals surface area contributed by atoms with E-state index in [4.69, 9.17) is 16.6 Å². The number of halogens is 1. The number of nitrogens with one attached hydrogen (secondary N) is 1. The highest BCUT2D eigenvalue weighted by Gasteiger charge is 2.21. The summed E-state index contributed by atoms with van der Waals surface area (Å²) in [5.41, 5.74) is 1.49. The van der Waals surface area contributed by atoms with Crippen molar-refractivity contribution < 1.29 is 8.81 Å². The van der Waals surface area contributed by atoms with Crippen LogP contribution >= 0.6 is 12.2 Å². The Bertz CT molecular complexity index is 824. The van der Waals surface area contributed by atoms with E-state index in [2.05, 4.69) is 10.3 Å². The van der Waals surface area contributed by atoms with Crippen LogP contribution in [0.3, 0.4) is 0 Å². The molecule has 0 spiro atoms. The number of pyridine rings is 1. The standard InChI is InChI=1S/C19H18FN3OS/c1-14(18-9-2-3-10-21-18)23(13-17-8-5-11-24-17)19(25)22-16-7-4-6-15(20)12-16/h2-12,14H,13H2,1H3,(H,22,25)/t14-/m1/s1. The number of nitrogens with zero attached hydrogens (tertiary/aromatic N) is 2. The van der Waals surface area contributed by atoms with Gasteiger partial charge in [0.25, 0.3) is 0 Å². The third-order valence-electron chi connectivity index (χ3n) is 3.83. The van der Waals surface area contributed by atoms with Crippen LogP contribution in [0.1, 0.15) is 24.4 Å². The molecule has 0 fully saturated rings. The minimum absolute atomic E-state index is 0.0835. The Hall–Kier alpha value is -2.73. The number of aromatic nitrogens is 1. The van der Waals surface area contributed by atoms with Crippen LogP contribution in [0.25, 0.3) is 0 Å². The van der Waals surface area contributed by atoms with Gasteiger partial charge in [0.15, 0.2) is 5.11 Å². The lowest BCUT2D eigenvalue weighted by molar-refractivity contribution is 0.299. The first kappa shape index (κ1) is 17.1. The van der Waals surface area contributed by atoms with Crippen molar-refractivity contribution in [2.45, 2.75) is 19.5 Å². The summed E-state index contributed by atoms with van der Waals surface area (Å²) in [5.74, 6) is 0.467. The summed E-state index contributed by atoms with van der Waals surface area (Å²) in [6.07, 6.45) is 3.38. The van der Waals surface area contributed by atoms with Gasteiger partial charge in [0.2, 0.25) is 0 Å². The molecule has 0 aliphatic carbocycles. The Labute approximate surface area is 151 Å². The number of thiocarbonyl (C=S) groups is 1. The molecule has 6 heteroatoms. The SMILES string of the molecule is C[C@H](c1ccccn1)N(Cc1ccco1)C(=S)Nc1cccc(F)c1. The van der Waals surface area contributed by atoms with Crippen LogP contribution in [0.4, 0.5) is 10.1 Å². The zero-order chi connectivity index (χ0) is 17.6. The van der Waals surface area contributed by atoms with E-state index in [9.17, 15) is 4.39 Å². The molecule has 2 heterocycles. The van der Waals surface area contributed by atoms with E-state index < -0.39 is 0 Å². The summed E-state index contributed by atoms with van der Waals surface area (Å²) in [4.78, 5) is 6.37. The summed E-state index contributed by atoms with van der Waals surface area (Å²) >= 11 is 5.57. The normalized spacial score (nSPS) is 11.8. The van der Waals surface area contributed by atoms with Crippen LogP contribution in [0.15, 0.2) is 71.5 Å². The van der Waals surface area contributed by atoms with Crippen molar-refractivity contribution in [1.82, 2.24) is 9.88 Å². The maximum absolute atomic E-state index is 13.4. The molecule has 2 aromatic heterocycles. The second-order valence-electron chi connectivity index (χ2n) is 5.58. The molecule has 1 N–H and O–H groups in total. The van der Waals surface area contributed by atoms with Gasteiger partial charge in [-0.2, -0.15) is 0 Å². The van der Waals surface area contributed by atoms with Crippen LogP contribution in [-0.4, -0.2) is 15.0 Å². The molecule has 1 atom stereocenters. The number of anilines is 1. The van der Waals surface area contributed by atoms with E-state index in [0.29, 0.717) is 17.3 Å². The van der Waals surface area contributed by atoms with Gasteiger partial charge in [-0.15, -0.1) is 0 Å². The van der Waals surface area contributed by atoms with E-state index in [0.717, 1.165) is 11.5 Å². The van der Waals surface area contributed by atoms with Crippen molar-refractivity contribution in [3.63, 3.8) is 0 Å². The van der Waals surface area contributed by atoms with Crippen LogP contribution in [0.2, 0.25) is 0 Å². The maximum Gasteiger partial charge on any atom is 0.174 e. The Balaban J connectivity index is 1.83. The van der Waals surface area contributed by atoms with Crippen molar-refractivity contribution in [2.24, 2.45) is 0 Å². The van der Waals surface area contributed by atoms with Gasteiger partial charge in [0.05, 0.1) is 24.5 Å². The van der Waals surface area contributed by atoms with Crippen LogP contribution in [0, 0.1) is 5.82 Å². The molecule has 25 heavy (non-hydrogen) atoms. The number of benzene rings is 1. The third kappa shape index (κ3) is 4.42. The molecule has 0 aliphatic heterocycles. The summed E-state index contributed by atoms with van der Waals surface area (Å²) in [6, 6.07) is 15.6. The lowest BCUT2D eigenvalue weighted by Crippen LogP contribution is -2.36. The predicted octanol–water partition coefficient (Wildman–Crippen LogP) is 4.77. The quantitative estimate of drug-likeness (QED) is 0.668. The predicted molar refractivity (Wildman–Crippen MR) is 99.5 cm³/mol. The highest BCUT2D eigenvalue weighted by atomic mass is 32.1. The lowest BCUT2D eigenvalue weighted by atomic mass is 10.2. The molecule has 1 aromatic carbocycles. The van der Waals surface area contributed by atoms with E-state index >= 15 is 0 Å². The Kier molecular flexibility index (Phi) is 5.40. The lowest BCUT2D eigenvalue weighted by Gasteiger charge is -2.30. The van der Waals surface area contributed by atoms with Gasteiger partial charge in [0, 0.05) is 11.9 Å². The molecule has 0 saturated heterocycles. The molecule has 0 aliphatic rings. The van der Waals surface area contributed by atoms with Gasteiger partial charge < -0.3 is 14.6 Å². The largest absolute Gasteiger partial charge is 0.467 e. The molecule has 128 valence electrons. The molecular weight excluding hydrogens is 337 g/mol. The van der Waals surface area contributed by atoms with Gasteiger partial charge in [0.1, 0.15) is 11.6 Å². The first-order valence-corrected chi connectivity index (χ1v) is 8.31. The van der Waals surface area contributed by atoms with Gasteiger partial charge >= 0.3 is 0 Å². The number of hydrogen-bond acceptors (Lipinski definition) is 3. The second kappa shape index (κ2) is 7.90. The summed E-state index contributed by atoms with van der Waals surface area (Å²) in [5, 5.41) is 3.57. The van der Waals surface area contributed by atoms with Gasteiger partial charge in [-0.25, -0.2) is 4.39 Å². The topological polar surface area (TPSA) is 41.3 Å². The van der Waals surface area contributed by atoms with Gasteiger partial charge in [-0.3, -0.25) is 4.98 Å². The smallest absolute Gasteiger partial charge is 0.174 e. The fourth-order valence-electron chi connectivity index (χ4n) is 2.50. The molecule has 3 rings (SSSR count). The summed E-state index contributed by atoms with van der Waals surface area (Å²) in [6.45, 7) is 2.50. The van der Waals surface area contributed by atoms with Crippen molar-refractivity contribution in [3.05, 3.63) is 84.3 Å². The van der Waals surface area contributed by atoms with Gasteiger partial charge in [-0.1, -0.05) is 12.1 Å². The molecule has 0 radical (unpaired) electrons. The summed E-state index contributed by atoms with van der Waals surface area (Å²) < 4.78 is 18.9. The average Bonchev–Trinajstić information content (AvgIpc) is 3.13. The third-order valence-corrected chi connectivity index (χ3v) is 4.16. The van der Waals surface area contributed by atoms with Crippen LogP contribution in [-0.2, 0) is 6.54 Å². The minimum atomic E-state index is -0.317. The molecule has 0 bridgehead atoms. The fraction of sp³-hybridized carbons (Fsp3) is 0.158. The average molecular weight is 355 g/mol. The molecule has 0 unspecified atom stereocenters. The van der Waals surface area contributed by atoms with Gasteiger partial charge in [-0.05, 0) is 61.6 Å². The Morgan fingerprint density at radius 2 is 2.12 bits per heavy atom. The van der Waals surface area contributed by atoms with Crippen LogP contribution in [0.5, 0.6) is 0 Å².